The number of hydrogen-bond donors (Lipinski definition) is 1. The lowest BCUT2D eigenvalue weighted by Crippen LogP contribution is -2.32. The lowest BCUT2D eigenvalue weighted by molar-refractivity contribution is -0.111. The number of amides is 1. The van der Waals surface area contributed by atoms with Crippen molar-refractivity contribution in [1.82, 2.24) is 4.57 Å². The van der Waals surface area contributed by atoms with E-state index < -0.39 is 5.91 Å². The topological polar surface area (TPSA) is 93.4 Å². The van der Waals surface area contributed by atoms with Gasteiger partial charge in [-0.2, -0.15) is 5.26 Å². The van der Waals surface area contributed by atoms with E-state index >= 15 is 0 Å². The van der Waals surface area contributed by atoms with Crippen molar-refractivity contribution in [3.63, 3.8) is 0 Å². The van der Waals surface area contributed by atoms with Gasteiger partial charge in [-0.05, 0) is 48.0 Å². The largest absolute Gasteiger partial charge is 0.493 e. The Labute approximate surface area is 215 Å². The van der Waals surface area contributed by atoms with Gasteiger partial charge in [-0.3, -0.25) is 14.2 Å². The van der Waals surface area contributed by atoms with Crippen LogP contribution < -0.4 is 29.5 Å². The molecule has 0 spiro atoms. The van der Waals surface area contributed by atoms with E-state index in [2.05, 4.69) is 5.32 Å². The summed E-state index contributed by atoms with van der Waals surface area (Å²) in [6.45, 7) is 0. The van der Waals surface area contributed by atoms with Crippen molar-refractivity contribution < 1.29 is 14.3 Å². The van der Waals surface area contributed by atoms with Crippen molar-refractivity contribution in [2.45, 2.75) is 0 Å². The first-order valence-corrected chi connectivity index (χ1v) is 11.9. The minimum absolute atomic E-state index is 0.199. The summed E-state index contributed by atoms with van der Waals surface area (Å²) in [7, 11) is 3.07. The van der Waals surface area contributed by atoms with Crippen LogP contribution in [0.2, 0.25) is 5.02 Å². The minimum Gasteiger partial charge on any atom is -0.493 e. The van der Waals surface area contributed by atoms with Crippen molar-refractivity contribution >= 4 is 46.2 Å². The number of aromatic nitrogens is 1. The number of rotatable bonds is 6. The van der Waals surface area contributed by atoms with Crippen molar-refractivity contribution in [1.29, 1.82) is 5.26 Å². The molecule has 0 atom stereocenters. The van der Waals surface area contributed by atoms with Crippen molar-refractivity contribution in [3.8, 4) is 23.3 Å². The number of nitriles is 1. The predicted molar refractivity (Wildman–Crippen MR) is 141 cm³/mol. The van der Waals surface area contributed by atoms with Crippen LogP contribution >= 0.6 is 22.9 Å². The molecule has 9 heteroatoms. The Bertz CT molecular complexity index is 1650. The van der Waals surface area contributed by atoms with E-state index in [-0.39, 0.29) is 15.8 Å². The van der Waals surface area contributed by atoms with E-state index in [4.69, 9.17) is 21.1 Å². The molecular formula is C27H20ClN3O4S. The molecule has 0 aliphatic carbocycles. The number of nitrogens with zero attached hydrogens (tertiary/aromatic N) is 2. The highest BCUT2D eigenvalue weighted by atomic mass is 35.5. The maximum atomic E-state index is 13.5. The molecule has 0 aliphatic rings. The first-order chi connectivity index (χ1) is 17.5. The van der Waals surface area contributed by atoms with Gasteiger partial charge in [-0.25, -0.2) is 0 Å². The first kappa shape index (κ1) is 24.8. The van der Waals surface area contributed by atoms with Crippen LogP contribution in [0.4, 0.5) is 5.69 Å². The number of ether oxygens (including phenoxy) is 2. The van der Waals surface area contributed by atoms with Gasteiger partial charge in [0.1, 0.15) is 10.7 Å². The number of halogens is 1. The Morgan fingerprint density at radius 2 is 1.72 bits per heavy atom. The smallest absolute Gasteiger partial charge is 0.273 e. The van der Waals surface area contributed by atoms with Crippen LogP contribution in [0.15, 0.2) is 77.6 Å². The highest BCUT2D eigenvalue weighted by Crippen LogP contribution is 2.27. The molecule has 0 bridgehead atoms. The summed E-state index contributed by atoms with van der Waals surface area (Å²) in [6, 6.07) is 22.8. The lowest BCUT2D eigenvalue weighted by Gasteiger charge is -2.07. The summed E-state index contributed by atoms with van der Waals surface area (Å²) in [4.78, 5) is 26.7. The highest BCUT2D eigenvalue weighted by molar-refractivity contribution is 7.07. The Balaban J connectivity index is 1.95. The number of hydrogen-bond acceptors (Lipinski definition) is 6. The summed E-state index contributed by atoms with van der Waals surface area (Å²) < 4.78 is 12.5. The molecule has 1 amide bonds. The van der Waals surface area contributed by atoms with Gasteiger partial charge < -0.3 is 14.8 Å². The normalized spacial score (nSPS) is 12.0. The second kappa shape index (κ2) is 11.0. The van der Waals surface area contributed by atoms with Gasteiger partial charge in [0.25, 0.3) is 11.5 Å². The lowest BCUT2D eigenvalue weighted by atomic mass is 10.2. The molecule has 0 saturated heterocycles. The molecule has 0 aliphatic heterocycles. The predicted octanol–water partition coefficient (Wildman–Crippen LogP) is 3.71. The maximum Gasteiger partial charge on any atom is 0.273 e. The molecule has 36 heavy (non-hydrogen) atoms. The zero-order valence-electron chi connectivity index (χ0n) is 19.3. The third-order valence-electron chi connectivity index (χ3n) is 5.22. The number of benzene rings is 3. The number of carbonyl (C=O) groups excluding carboxylic acids is 1. The van der Waals surface area contributed by atoms with Crippen LogP contribution in [0.1, 0.15) is 5.56 Å². The Morgan fingerprint density at radius 1 is 1.03 bits per heavy atom. The summed E-state index contributed by atoms with van der Waals surface area (Å²) in [5, 5.41) is 12.9. The zero-order chi connectivity index (χ0) is 25.7. The number of para-hydroxylation sites is 2. The Kier molecular flexibility index (Phi) is 7.54. The molecular weight excluding hydrogens is 498 g/mol. The first-order valence-electron chi connectivity index (χ1n) is 10.7. The van der Waals surface area contributed by atoms with Crippen LogP contribution in [-0.2, 0) is 4.79 Å². The van der Waals surface area contributed by atoms with Crippen LogP contribution in [0, 0.1) is 11.3 Å². The van der Waals surface area contributed by atoms with E-state index in [9.17, 15) is 14.9 Å². The molecule has 0 radical (unpaired) electrons. The molecule has 1 heterocycles. The molecule has 1 aromatic heterocycles. The van der Waals surface area contributed by atoms with Crippen molar-refractivity contribution in [3.05, 3.63) is 103 Å². The molecule has 7 nitrogen and oxygen atoms in total. The molecule has 0 saturated carbocycles. The number of nitrogens with one attached hydrogen (secondary N) is 1. The third-order valence-corrected chi connectivity index (χ3v) is 6.64. The average molecular weight is 518 g/mol. The fraction of sp³-hybridized carbons (Fsp3) is 0.0741. The van der Waals surface area contributed by atoms with Crippen LogP contribution in [0.5, 0.6) is 11.5 Å². The van der Waals surface area contributed by atoms with E-state index in [0.29, 0.717) is 38.0 Å². The quantitative estimate of drug-likeness (QED) is 0.421. The van der Waals surface area contributed by atoms with Gasteiger partial charge in [0.05, 0.1) is 35.1 Å². The SMILES string of the molecule is COc1ccc(C=c2sc(=C(C#N)C(=O)Nc3ccccc3Cl)n(-c3ccccc3)c2=O)cc1OC. The van der Waals surface area contributed by atoms with Crippen molar-refractivity contribution in [2.24, 2.45) is 0 Å². The van der Waals surface area contributed by atoms with Crippen molar-refractivity contribution in [2.75, 3.05) is 19.5 Å². The standard InChI is InChI=1S/C27H20ClN3O4S/c1-34-22-13-12-17(14-23(22)35-2)15-24-26(33)31(18-8-4-3-5-9-18)27(36-24)19(16-29)25(32)30-21-11-7-6-10-20(21)28/h3-15H,1-2H3,(H,30,32). The molecule has 4 aromatic rings. The van der Waals surface area contributed by atoms with Gasteiger partial charge in [-0.15, -0.1) is 11.3 Å². The maximum absolute atomic E-state index is 13.5. The minimum atomic E-state index is -0.672. The zero-order valence-corrected chi connectivity index (χ0v) is 20.9. The van der Waals surface area contributed by atoms with Crippen LogP contribution in [-0.4, -0.2) is 24.7 Å². The Hall–Kier alpha value is -4.32. The van der Waals surface area contributed by atoms with E-state index in [1.54, 1.807) is 72.8 Å². The summed E-state index contributed by atoms with van der Waals surface area (Å²) >= 11 is 7.22. The molecule has 180 valence electrons. The van der Waals surface area contributed by atoms with Gasteiger partial charge >= 0.3 is 0 Å². The third kappa shape index (κ3) is 5.03. The molecule has 4 rings (SSSR count). The van der Waals surface area contributed by atoms with Gasteiger partial charge in [-0.1, -0.05) is 48.0 Å². The molecule has 0 fully saturated rings. The number of methoxy groups -OCH3 is 2. The second-order valence-electron chi connectivity index (χ2n) is 7.43. The number of carbonyl (C=O) groups is 1. The fourth-order valence-electron chi connectivity index (χ4n) is 3.50. The van der Waals surface area contributed by atoms with Gasteiger partial charge in [0.15, 0.2) is 17.1 Å². The molecule has 3 aromatic carbocycles. The fourth-order valence-corrected chi connectivity index (χ4v) is 4.78. The van der Waals surface area contributed by atoms with Crippen LogP contribution in [0.25, 0.3) is 17.3 Å². The summed E-state index contributed by atoms with van der Waals surface area (Å²) in [5.74, 6) is 0.392. The van der Waals surface area contributed by atoms with E-state index in [1.807, 2.05) is 12.1 Å². The molecule has 1 N–H and O–H groups in total. The number of thiazole rings is 1. The average Bonchev–Trinajstić information content (AvgIpc) is 3.21. The van der Waals surface area contributed by atoms with E-state index in [0.717, 1.165) is 11.3 Å². The second-order valence-corrected chi connectivity index (χ2v) is 8.86. The number of anilines is 1. The summed E-state index contributed by atoms with van der Waals surface area (Å²) in [5.41, 5.74) is 0.997. The summed E-state index contributed by atoms with van der Waals surface area (Å²) in [6.07, 6.45) is 1.68. The van der Waals surface area contributed by atoms with Crippen LogP contribution in [0.3, 0.4) is 0 Å². The van der Waals surface area contributed by atoms with E-state index in [1.165, 1.54) is 18.8 Å². The Morgan fingerprint density at radius 3 is 2.39 bits per heavy atom. The van der Waals surface area contributed by atoms with Gasteiger partial charge in [0.2, 0.25) is 0 Å². The monoisotopic (exact) mass is 517 g/mol. The van der Waals surface area contributed by atoms with Gasteiger partial charge in [0, 0.05) is 0 Å². The highest BCUT2D eigenvalue weighted by Gasteiger charge is 2.18. The molecule has 0 unspecified atom stereocenters.